The Hall–Kier alpha value is -0.920. The second-order valence-electron chi connectivity index (χ2n) is 5.90. The van der Waals surface area contributed by atoms with Crippen LogP contribution in [0.5, 0.6) is 5.75 Å². The first-order valence-electron chi connectivity index (χ1n) is 9.15. The lowest BCUT2D eigenvalue weighted by atomic mass is 10.1. The van der Waals surface area contributed by atoms with Gasteiger partial charge in [-0.3, -0.25) is 4.57 Å². The maximum Gasteiger partial charge on any atom is 0.404 e. The Balaban J connectivity index is 1.97. The van der Waals surface area contributed by atoms with E-state index in [9.17, 15) is 13.3 Å². The molecule has 0 aliphatic rings. The molecule has 0 heterocycles. The van der Waals surface area contributed by atoms with Crippen LogP contribution in [0.1, 0.15) is 25.0 Å². The zero-order valence-corrected chi connectivity index (χ0v) is 19.6. The highest BCUT2D eigenvalue weighted by atomic mass is 79.9. The minimum absolute atomic E-state index is 0.135. The number of para-hydroxylation sites is 1. The second-order valence-corrected chi connectivity index (χ2v) is 9.94. The average Bonchev–Trinajstić information content (AvgIpc) is 2.68. The van der Waals surface area contributed by atoms with Gasteiger partial charge in [0.05, 0.1) is 19.8 Å². The summed E-state index contributed by atoms with van der Waals surface area (Å²) in [6.45, 7) is 3.28. The molecule has 0 unspecified atom stereocenters. The molecule has 160 valence electrons. The van der Waals surface area contributed by atoms with Gasteiger partial charge in [0, 0.05) is 21.5 Å². The Labute approximate surface area is 183 Å². The molecule has 2 aromatic carbocycles. The van der Waals surface area contributed by atoms with Crippen molar-refractivity contribution in [2.24, 2.45) is 0 Å². The van der Waals surface area contributed by atoms with Gasteiger partial charge in [0.1, 0.15) is 5.75 Å². The zero-order valence-electron chi connectivity index (χ0n) is 16.3. The molecule has 0 aliphatic heterocycles. The molecule has 0 radical (unpaired) electrons. The topological polar surface area (TPSA) is 44.8 Å². The molecule has 9 heteroatoms. The molecule has 0 N–H and O–H groups in total. The first-order valence-corrected chi connectivity index (χ1v) is 12.6. The predicted molar refractivity (Wildman–Crippen MR) is 117 cm³/mol. The third-order valence-corrected chi connectivity index (χ3v) is 7.58. The summed E-state index contributed by atoms with van der Waals surface area (Å²) in [4.78, 5) is 0. The van der Waals surface area contributed by atoms with Gasteiger partial charge in [0.15, 0.2) is 0 Å². The number of thioether (sulfide) groups is 1. The quantitative estimate of drug-likeness (QED) is 0.226. The normalized spacial score (nSPS) is 12.2. The lowest BCUT2D eigenvalue weighted by Crippen LogP contribution is -2.19. The van der Waals surface area contributed by atoms with Gasteiger partial charge in [-0.2, -0.15) is 20.5 Å². The number of alkyl halides is 2. The maximum absolute atomic E-state index is 14.9. The van der Waals surface area contributed by atoms with Crippen molar-refractivity contribution in [1.82, 2.24) is 0 Å². The number of benzene rings is 2. The van der Waals surface area contributed by atoms with E-state index in [1.165, 1.54) is 19.9 Å². The van der Waals surface area contributed by atoms with Gasteiger partial charge in [0.2, 0.25) is 0 Å². The summed E-state index contributed by atoms with van der Waals surface area (Å²) < 4.78 is 57.9. The van der Waals surface area contributed by atoms with Crippen molar-refractivity contribution in [1.29, 1.82) is 0 Å². The molecular formula is C20H24BrF2O4PS. The number of hydrogen-bond donors (Lipinski definition) is 0. The van der Waals surface area contributed by atoms with Crippen LogP contribution in [0.3, 0.4) is 0 Å². The smallest absolute Gasteiger partial charge is 0.404 e. The maximum atomic E-state index is 14.9. The number of ether oxygens (including phenoxy) is 1. The molecule has 4 nitrogen and oxygen atoms in total. The number of hydrogen-bond acceptors (Lipinski definition) is 5. The summed E-state index contributed by atoms with van der Waals surface area (Å²) in [6, 6.07) is 14.0. The lowest BCUT2D eigenvalue weighted by Gasteiger charge is -2.26. The Bertz CT molecular complexity index is 813. The van der Waals surface area contributed by atoms with E-state index in [1.807, 2.05) is 30.3 Å². The number of halogens is 3. The molecule has 2 aromatic rings. The molecule has 2 rings (SSSR count). The van der Waals surface area contributed by atoms with Crippen molar-refractivity contribution in [3.05, 3.63) is 64.1 Å². The molecule has 0 saturated carbocycles. The Morgan fingerprint density at radius 3 is 2.31 bits per heavy atom. The molecule has 0 fully saturated rings. The standard InChI is InChI=1S/C20H24BrF2O4PS/c1-3-26-28(24,27-4-2)20(22,23)18-11-10-16(14-19(18)21)15-29-13-12-25-17-8-6-5-7-9-17/h5-11,14H,3-4,12-13,15H2,1-2H3. The highest BCUT2D eigenvalue weighted by Gasteiger charge is 2.55. The monoisotopic (exact) mass is 508 g/mol. The van der Waals surface area contributed by atoms with Crippen LogP contribution < -0.4 is 4.74 Å². The van der Waals surface area contributed by atoms with Crippen molar-refractivity contribution >= 4 is 35.3 Å². The van der Waals surface area contributed by atoms with Crippen molar-refractivity contribution < 1.29 is 27.1 Å². The van der Waals surface area contributed by atoms with E-state index in [0.29, 0.717) is 12.4 Å². The fourth-order valence-electron chi connectivity index (χ4n) is 2.50. The van der Waals surface area contributed by atoms with Crippen LogP contribution in [0.25, 0.3) is 0 Å². The van der Waals surface area contributed by atoms with E-state index >= 15 is 0 Å². The van der Waals surface area contributed by atoms with Gasteiger partial charge in [0.25, 0.3) is 0 Å². The van der Waals surface area contributed by atoms with Gasteiger partial charge < -0.3 is 13.8 Å². The second kappa shape index (κ2) is 11.5. The van der Waals surface area contributed by atoms with E-state index in [0.717, 1.165) is 17.1 Å². The Morgan fingerprint density at radius 1 is 1.07 bits per heavy atom. The van der Waals surface area contributed by atoms with Crippen molar-refractivity contribution in [2.45, 2.75) is 25.3 Å². The van der Waals surface area contributed by atoms with Crippen LogP contribution in [0.15, 0.2) is 53.0 Å². The highest BCUT2D eigenvalue weighted by Crippen LogP contribution is 2.67. The Morgan fingerprint density at radius 2 is 1.72 bits per heavy atom. The average molecular weight is 509 g/mol. The minimum atomic E-state index is -4.63. The predicted octanol–water partition coefficient (Wildman–Crippen LogP) is 7.08. The minimum Gasteiger partial charge on any atom is -0.493 e. The first-order chi connectivity index (χ1) is 13.8. The fourth-order valence-corrected chi connectivity index (χ4v) is 5.66. The molecule has 0 atom stereocenters. The molecule has 0 bridgehead atoms. The van der Waals surface area contributed by atoms with Crippen LogP contribution in [0.4, 0.5) is 8.78 Å². The van der Waals surface area contributed by atoms with Gasteiger partial charge in [-0.05, 0) is 37.6 Å². The van der Waals surface area contributed by atoms with Gasteiger partial charge in [-0.1, -0.05) is 46.3 Å². The summed E-state index contributed by atoms with van der Waals surface area (Å²) in [7, 11) is -4.63. The van der Waals surface area contributed by atoms with Gasteiger partial charge in [-0.25, -0.2) is 0 Å². The molecule has 0 spiro atoms. The van der Waals surface area contributed by atoms with Crippen LogP contribution in [-0.2, 0) is 25.0 Å². The van der Waals surface area contributed by atoms with E-state index in [-0.39, 0.29) is 17.7 Å². The largest absolute Gasteiger partial charge is 0.493 e. The molecule has 0 aromatic heterocycles. The highest BCUT2D eigenvalue weighted by molar-refractivity contribution is 9.10. The van der Waals surface area contributed by atoms with Gasteiger partial charge in [-0.15, -0.1) is 0 Å². The third kappa shape index (κ3) is 6.53. The summed E-state index contributed by atoms with van der Waals surface area (Å²) in [5.74, 6) is 2.21. The molecule has 0 saturated heterocycles. The van der Waals surface area contributed by atoms with Crippen molar-refractivity contribution in [3.63, 3.8) is 0 Å². The van der Waals surface area contributed by atoms with Crippen LogP contribution in [0.2, 0.25) is 0 Å². The molecule has 0 aliphatic carbocycles. The summed E-state index contributed by atoms with van der Waals surface area (Å²) in [5.41, 5.74) is -3.31. The third-order valence-electron chi connectivity index (χ3n) is 3.81. The summed E-state index contributed by atoms with van der Waals surface area (Å²) in [6.07, 6.45) is 0. The van der Waals surface area contributed by atoms with Crippen molar-refractivity contribution in [3.8, 4) is 5.75 Å². The SMILES string of the molecule is CCOP(=O)(OCC)C(F)(F)c1ccc(CSCCOc2ccccc2)cc1Br. The first kappa shape index (κ1) is 24.4. The van der Waals surface area contributed by atoms with E-state index in [1.54, 1.807) is 23.9 Å². The zero-order chi connectivity index (χ0) is 21.3. The fraction of sp³-hybridized carbons (Fsp3) is 0.400. The van der Waals surface area contributed by atoms with E-state index in [4.69, 9.17) is 13.8 Å². The number of rotatable bonds is 12. The molecule has 29 heavy (non-hydrogen) atoms. The van der Waals surface area contributed by atoms with Crippen LogP contribution in [0, 0.1) is 0 Å². The van der Waals surface area contributed by atoms with Gasteiger partial charge >= 0.3 is 13.3 Å². The Kier molecular flexibility index (Phi) is 9.63. The summed E-state index contributed by atoms with van der Waals surface area (Å²) in [5, 5.41) is 0. The van der Waals surface area contributed by atoms with Crippen LogP contribution in [-0.4, -0.2) is 25.6 Å². The van der Waals surface area contributed by atoms with E-state index in [2.05, 4.69) is 15.9 Å². The summed E-state index contributed by atoms with van der Waals surface area (Å²) >= 11 is 4.82. The molecule has 0 amide bonds. The van der Waals surface area contributed by atoms with Crippen molar-refractivity contribution in [2.75, 3.05) is 25.6 Å². The van der Waals surface area contributed by atoms with Crippen LogP contribution >= 0.6 is 35.3 Å². The molecular weight excluding hydrogens is 485 g/mol. The van der Waals surface area contributed by atoms with E-state index < -0.39 is 18.8 Å². The lowest BCUT2D eigenvalue weighted by molar-refractivity contribution is 0.0354.